The smallest absolute Gasteiger partial charge is 0.109 e. The molecule has 2 N–H and O–H groups in total. The molecular formula is C13H23N3OS. The van der Waals surface area contributed by atoms with Gasteiger partial charge in [0.05, 0.1) is 17.8 Å². The first-order valence-electron chi connectivity index (χ1n) is 6.65. The van der Waals surface area contributed by atoms with E-state index in [1.54, 1.807) is 11.3 Å². The van der Waals surface area contributed by atoms with Crippen molar-refractivity contribution in [2.45, 2.75) is 44.9 Å². The van der Waals surface area contributed by atoms with Crippen molar-refractivity contribution in [3.05, 3.63) is 16.1 Å². The summed E-state index contributed by atoms with van der Waals surface area (Å²) in [5.41, 5.74) is 6.94. The van der Waals surface area contributed by atoms with Crippen LogP contribution >= 0.6 is 11.3 Å². The van der Waals surface area contributed by atoms with Crippen LogP contribution in [0.1, 0.15) is 42.9 Å². The molecule has 2 rings (SSSR count). The Morgan fingerprint density at radius 1 is 1.61 bits per heavy atom. The van der Waals surface area contributed by atoms with Gasteiger partial charge >= 0.3 is 0 Å². The fourth-order valence-corrected chi connectivity index (χ4v) is 3.01. The number of nitrogens with two attached hydrogens (primary N) is 1. The lowest BCUT2D eigenvalue weighted by Crippen LogP contribution is -2.33. The van der Waals surface area contributed by atoms with Crippen LogP contribution in [-0.2, 0) is 11.3 Å². The Balaban J connectivity index is 1.80. The van der Waals surface area contributed by atoms with Crippen LogP contribution in [0, 0.1) is 0 Å². The van der Waals surface area contributed by atoms with Gasteiger partial charge in [-0.3, -0.25) is 4.90 Å². The molecule has 0 spiro atoms. The van der Waals surface area contributed by atoms with Crippen molar-refractivity contribution < 1.29 is 4.74 Å². The van der Waals surface area contributed by atoms with E-state index in [0.29, 0.717) is 6.10 Å². The van der Waals surface area contributed by atoms with Crippen LogP contribution in [-0.4, -0.2) is 36.2 Å². The normalized spacial score (nSPS) is 22.3. The summed E-state index contributed by atoms with van der Waals surface area (Å²) in [4.78, 5) is 6.84. The molecule has 2 atom stereocenters. The number of rotatable bonds is 5. The third-order valence-electron chi connectivity index (χ3n) is 3.18. The zero-order valence-electron chi connectivity index (χ0n) is 11.3. The van der Waals surface area contributed by atoms with Crippen LogP contribution in [0.2, 0.25) is 0 Å². The summed E-state index contributed by atoms with van der Waals surface area (Å²) in [6.07, 6.45) is 4.09. The molecule has 1 aromatic rings. The largest absolute Gasteiger partial charge is 0.377 e. The van der Waals surface area contributed by atoms with Crippen molar-refractivity contribution in [1.82, 2.24) is 9.88 Å². The van der Waals surface area contributed by atoms with Gasteiger partial charge in [0.2, 0.25) is 0 Å². The molecule has 18 heavy (non-hydrogen) atoms. The minimum absolute atomic E-state index is 0.0377. The lowest BCUT2D eigenvalue weighted by atomic mass is 10.1. The molecule has 1 saturated heterocycles. The summed E-state index contributed by atoms with van der Waals surface area (Å²) < 4.78 is 5.75. The molecule has 102 valence electrons. The number of aromatic nitrogens is 1. The highest BCUT2D eigenvalue weighted by Crippen LogP contribution is 2.18. The maximum Gasteiger partial charge on any atom is 0.109 e. The van der Waals surface area contributed by atoms with Crippen LogP contribution in [0.3, 0.4) is 0 Å². The minimum atomic E-state index is 0.0377. The molecule has 2 heterocycles. The highest BCUT2D eigenvalue weighted by atomic mass is 32.1. The molecule has 1 aliphatic rings. The summed E-state index contributed by atoms with van der Waals surface area (Å²) in [5, 5.41) is 3.13. The standard InChI is InChI=1S/C13H23N3OS/c1-10(14)13-15-11(9-18-13)7-16(2)8-12-5-3-4-6-17-12/h9-10,12H,3-8,14H2,1-2H3. The van der Waals surface area contributed by atoms with Crippen LogP contribution in [0.5, 0.6) is 0 Å². The molecule has 0 radical (unpaired) electrons. The van der Waals surface area contributed by atoms with E-state index in [1.807, 2.05) is 6.92 Å². The highest BCUT2D eigenvalue weighted by Gasteiger charge is 2.16. The first-order valence-corrected chi connectivity index (χ1v) is 7.53. The first kappa shape index (κ1) is 13.9. The number of thiazole rings is 1. The molecule has 4 nitrogen and oxygen atoms in total. The number of likely N-dealkylation sites (N-methyl/N-ethyl adjacent to an activating group) is 1. The summed E-state index contributed by atoms with van der Waals surface area (Å²) in [7, 11) is 2.13. The number of ether oxygens (including phenoxy) is 1. The van der Waals surface area contributed by atoms with Gasteiger partial charge in [0.15, 0.2) is 0 Å². The lowest BCUT2D eigenvalue weighted by molar-refractivity contribution is -0.00272. The van der Waals surface area contributed by atoms with Crippen LogP contribution in [0.4, 0.5) is 0 Å². The van der Waals surface area contributed by atoms with E-state index in [1.165, 1.54) is 19.3 Å². The second-order valence-electron chi connectivity index (χ2n) is 5.15. The summed E-state index contributed by atoms with van der Waals surface area (Å²) in [6, 6.07) is 0.0377. The SMILES string of the molecule is CC(N)c1nc(CN(C)CC2CCCCO2)cs1. The summed E-state index contributed by atoms with van der Waals surface area (Å²) in [5.74, 6) is 0. The van der Waals surface area contributed by atoms with Gasteiger partial charge in [-0.1, -0.05) is 0 Å². The Morgan fingerprint density at radius 2 is 2.44 bits per heavy atom. The maximum atomic E-state index is 5.82. The zero-order chi connectivity index (χ0) is 13.0. The molecule has 1 fully saturated rings. The van der Waals surface area contributed by atoms with E-state index in [4.69, 9.17) is 10.5 Å². The Hall–Kier alpha value is -0.490. The van der Waals surface area contributed by atoms with Gasteiger partial charge in [-0.2, -0.15) is 0 Å². The lowest BCUT2D eigenvalue weighted by Gasteiger charge is -2.26. The maximum absolute atomic E-state index is 5.82. The topological polar surface area (TPSA) is 51.4 Å². The summed E-state index contributed by atoms with van der Waals surface area (Å²) >= 11 is 1.65. The van der Waals surface area contributed by atoms with Gasteiger partial charge < -0.3 is 10.5 Å². The Bertz CT molecular complexity index is 361. The molecule has 5 heteroatoms. The monoisotopic (exact) mass is 269 g/mol. The third-order valence-corrected chi connectivity index (χ3v) is 4.27. The van der Waals surface area contributed by atoms with Crippen LogP contribution < -0.4 is 5.73 Å². The predicted molar refractivity (Wildman–Crippen MR) is 74.6 cm³/mol. The Kier molecular flexibility index (Phi) is 5.12. The van der Waals surface area contributed by atoms with Crippen molar-refractivity contribution in [1.29, 1.82) is 0 Å². The van der Waals surface area contributed by atoms with Crippen LogP contribution in [0.25, 0.3) is 0 Å². The average molecular weight is 269 g/mol. The molecule has 0 bridgehead atoms. The van der Waals surface area contributed by atoms with Crippen molar-refractivity contribution in [3.63, 3.8) is 0 Å². The molecule has 0 aliphatic carbocycles. The van der Waals surface area contributed by atoms with Gasteiger partial charge in [0, 0.05) is 25.1 Å². The second kappa shape index (κ2) is 6.61. The molecule has 0 amide bonds. The van der Waals surface area contributed by atoms with Crippen molar-refractivity contribution in [2.24, 2.45) is 5.73 Å². The van der Waals surface area contributed by atoms with Gasteiger partial charge in [0.1, 0.15) is 5.01 Å². The third kappa shape index (κ3) is 4.02. The van der Waals surface area contributed by atoms with E-state index in [2.05, 4.69) is 22.3 Å². The molecule has 0 aromatic carbocycles. The molecular weight excluding hydrogens is 246 g/mol. The molecule has 1 aliphatic heterocycles. The van der Waals surface area contributed by atoms with E-state index in [-0.39, 0.29) is 6.04 Å². The van der Waals surface area contributed by atoms with E-state index >= 15 is 0 Å². The predicted octanol–water partition coefficient (Wildman–Crippen LogP) is 2.16. The second-order valence-corrected chi connectivity index (χ2v) is 6.04. The van der Waals surface area contributed by atoms with Gasteiger partial charge in [-0.15, -0.1) is 11.3 Å². The Labute approximate surface area is 113 Å². The molecule has 0 saturated carbocycles. The van der Waals surface area contributed by atoms with Gasteiger partial charge in [-0.25, -0.2) is 4.98 Å². The van der Waals surface area contributed by atoms with Gasteiger partial charge in [0.25, 0.3) is 0 Å². The summed E-state index contributed by atoms with van der Waals surface area (Å²) in [6.45, 7) is 4.76. The fourth-order valence-electron chi connectivity index (χ4n) is 2.24. The van der Waals surface area contributed by atoms with Crippen LogP contribution in [0.15, 0.2) is 5.38 Å². The quantitative estimate of drug-likeness (QED) is 0.890. The van der Waals surface area contributed by atoms with Gasteiger partial charge in [-0.05, 0) is 33.2 Å². The zero-order valence-corrected chi connectivity index (χ0v) is 12.1. The highest BCUT2D eigenvalue weighted by molar-refractivity contribution is 7.09. The number of hydrogen-bond acceptors (Lipinski definition) is 5. The van der Waals surface area contributed by atoms with E-state index in [9.17, 15) is 0 Å². The Morgan fingerprint density at radius 3 is 3.06 bits per heavy atom. The fraction of sp³-hybridized carbons (Fsp3) is 0.769. The minimum Gasteiger partial charge on any atom is -0.377 e. The van der Waals surface area contributed by atoms with E-state index < -0.39 is 0 Å². The van der Waals surface area contributed by atoms with Crippen molar-refractivity contribution in [2.75, 3.05) is 20.2 Å². The number of hydrogen-bond donors (Lipinski definition) is 1. The molecule has 2 unspecified atom stereocenters. The molecule has 1 aromatic heterocycles. The van der Waals surface area contributed by atoms with E-state index in [0.717, 1.165) is 30.4 Å². The first-order chi connectivity index (χ1) is 8.65. The van der Waals surface area contributed by atoms with Crippen molar-refractivity contribution >= 4 is 11.3 Å². The average Bonchev–Trinajstić information content (AvgIpc) is 2.78. The number of nitrogens with zero attached hydrogens (tertiary/aromatic N) is 2. The van der Waals surface area contributed by atoms with Crippen molar-refractivity contribution in [3.8, 4) is 0 Å².